The molecule has 2 aromatic rings. The van der Waals surface area contributed by atoms with Gasteiger partial charge < -0.3 is 10.3 Å². The molecule has 0 aliphatic carbocycles. The van der Waals surface area contributed by atoms with E-state index in [0.29, 0.717) is 10.0 Å². The van der Waals surface area contributed by atoms with Crippen LogP contribution in [0, 0.1) is 0 Å². The third-order valence-corrected chi connectivity index (χ3v) is 5.55. The van der Waals surface area contributed by atoms with E-state index in [4.69, 9.17) is 0 Å². The van der Waals surface area contributed by atoms with E-state index in [2.05, 4.69) is 20.0 Å². The van der Waals surface area contributed by atoms with Crippen LogP contribution in [0.3, 0.4) is 0 Å². The minimum Gasteiger partial charge on any atom is -0.347 e. The zero-order valence-electron chi connectivity index (χ0n) is 10.5. The number of aromatic nitrogens is 2. The average molecular weight is 300 g/mol. The van der Waals surface area contributed by atoms with Crippen molar-refractivity contribution in [3.63, 3.8) is 0 Å². The number of hydrogen-bond donors (Lipinski definition) is 3. The molecule has 0 saturated heterocycles. The Labute approximate surface area is 116 Å². The van der Waals surface area contributed by atoms with E-state index in [0.717, 1.165) is 17.8 Å². The van der Waals surface area contributed by atoms with E-state index >= 15 is 0 Å². The number of nitrogens with zero attached hydrogens (tertiary/aromatic N) is 1. The van der Waals surface area contributed by atoms with Crippen molar-refractivity contribution in [1.82, 2.24) is 20.0 Å². The number of rotatable bonds is 7. The molecular weight excluding hydrogens is 284 g/mol. The number of aromatic amines is 1. The van der Waals surface area contributed by atoms with Gasteiger partial charge in [-0.05, 0) is 32.1 Å². The summed E-state index contributed by atoms with van der Waals surface area (Å²) in [6.45, 7) is 0.999. The second-order valence-electron chi connectivity index (χ2n) is 3.93. The smallest absolute Gasteiger partial charge is 0.250 e. The number of nitrogens with one attached hydrogen (secondary N) is 3. The molecule has 0 unspecified atom stereocenters. The largest absolute Gasteiger partial charge is 0.347 e. The summed E-state index contributed by atoms with van der Waals surface area (Å²) in [4.78, 5) is 7.87. The number of thiophene rings is 1. The number of H-pyrrole nitrogens is 1. The van der Waals surface area contributed by atoms with Gasteiger partial charge in [0, 0.05) is 17.3 Å². The van der Waals surface area contributed by atoms with Gasteiger partial charge in [0.05, 0.1) is 6.54 Å². The second-order valence-corrected chi connectivity index (χ2v) is 7.10. The van der Waals surface area contributed by atoms with E-state index in [9.17, 15) is 8.42 Å². The third-order valence-electron chi connectivity index (χ3n) is 2.51. The molecule has 0 aliphatic heterocycles. The Balaban J connectivity index is 2.00. The first-order valence-electron chi connectivity index (χ1n) is 5.83. The van der Waals surface area contributed by atoms with Crippen LogP contribution in [0.2, 0.25) is 0 Å². The Kier molecular flexibility index (Phi) is 4.70. The van der Waals surface area contributed by atoms with Crippen LogP contribution >= 0.6 is 11.3 Å². The van der Waals surface area contributed by atoms with Crippen molar-refractivity contribution in [2.24, 2.45) is 0 Å². The zero-order chi connectivity index (χ0) is 13.7. The molecule has 2 rings (SSSR count). The van der Waals surface area contributed by atoms with E-state index in [1.54, 1.807) is 18.5 Å². The molecule has 0 radical (unpaired) electrons. The van der Waals surface area contributed by atoms with E-state index in [1.165, 1.54) is 11.3 Å². The lowest BCUT2D eigenvalue weighted by Gasteiger charge is -2.02. The molecule has 0 atom stereocenters. The third kappa shape index (κ3) is 3.87. The van der Waals surface area contributed by atoms with Crippen LogP contribution in [0.25, 0.3) is 0 Å². The molecule has 2 aromatic heterocycles. The molecule has 2 heterocycles. The van der Waals surface area contributed by atoms with Gasteiger partial charge in [0.25, 0.3) is 0 Å². The molecule has 104 valence electrons. The number of likely N-dealkylation sites (N-methyl/N-ethyl adjacent to an activating group) is 1. The van der Waals surface area contributed by atoms with Crippen LogP contribution in [0.5, 0.6) is 0 Å². The Morgan fingerprint density at radius 3 is 2.95 bits per heavy atom. The van der Waals surface area contributed by atoms with Gasteiger partial charge in [-0.1, -0.05) is 0 Å². The van der Waals surface area contributed by atoms with Crippen LogP contribution in [-0.4, -0.2) is 32.0 Å². The fourth-order valence-corrected chi connectivity index (χ4v) is 3.90. The van der Waals surface area contributed by atoms with Gasteiger partial charge in [-0.3, -0.25) is 0 Å². The monoisotopic (exact) mass is 300 g/mol. The van der Waals surface area contributed by atoms with Crippen LogP contribution in [0.4, 0.5) is 0 Å². The Morgan fingerprint density at radius 2 is 2.26 bits per heavy atom. The molecule has 0 aromatic carbocycles. The molecular formula is C11H16N4O2S2. The molecule has 3 N–H and O–H groups in total. The predicted octanol–water partition coefficient (Wildman–Crippen LogP) is 0.712. The second kappa shape index (κ2) is 6.29. The standard InChI is InChI=1S/C11H16N4O2S2/c1-12-5-4-9-2-3-11(18-9)19(16,17)15-8-10-13-6-7-14-10/h2-3,6-7,12,15H,4-5,8H2,1H3,(H,13,14). The first-order chi connectivity index (χ1) is 9.12. The van der Waals surface area contributed by atoms with E-state index in [-0.39, 0.29) is 6.54 Å². The Morgan fingerprint density at radius 1 is 1.42 bits per heavy atom. The zero-order valence-corrected chi connectivity index (χ0v) is 12.1. The fourth-order valence-electron chi connectivity index (χ4n) is 1.51. The quantitative estimate of drug-likeness (QED) is 0.703. The SMILES string of the molecule is CNCCc1ccc(S(=O)(=O)NCc2ncc[nH]2)s1. The average Bonchev–Trinajstić information content (AvgIpc) is 3.05. The topological polar surface area (TPSA) is 86.9 Å². The molecule has 0 amide bonds. The summed E-state index contributed by atoms with van der Waals surface area (Å²) in [7, 11) is -1.58. The van der Waals surface area contributed by atoms with Crippen molar-refractivity contribution in [1.29, 1.82) is 0 Å². The van der Waals surface area contributed by atoms with Crippen LogP contribution in [-0.2, 0) is 23.0 Å². The summed E-state index contributed by atoms with van der Waals surface area (Å²) >= 11 is 1.30. The van der Waals surface area contributed by atoms with Crippen molar-refractivity contribution in [2.75, 3.05) is 13.6 Å². The predicted molar refractivity (Wildman–Crippen MR) is 74.6 cm³/mol. The normalized spacial score (nSPS) is 11.8. The van der Waals surface area contributed by atoms with Crippen molar-refractivity contribution < 1.29 is 8.42 Å². The van der Waals surface area contributed by atoms with Crippen molar-refractivity contribution >= 4 is 21.4 Å². The van der Waals surface area contributed by atoms with Crippen molar-refractivity contribution in [3.05, 3.63) is 35.2 Å². The van der Waals surface area contributed by atoms with Gasteiger partial charge >= 0.3 is 0 Å². The summed E-state index contributed by atoms with van der Waals surface area (Å²) in [5.41, 5.74) is 0. The van der Waals surface area contributed by atoms with Crippen molar-refractivity contribution in [3.8, 4) is 0 Å². The first-order valence-corrected chi connectivity index (χ1v) is 8.13. The van der Waals surface area contributed by atoms with Crippen molar-refractivity contribution in [2.45, 2.75) is 17.2 Å². The van der Waals surface area contributed by atoms with Crippen LogP contribution in [0.1, 0.15) is 10.7 Å². The Hall–Kier alpha value is -1.22. The maximum absolute atomic E-state index is 12.1. The highest BCUT2D eigenvalue weighted by molar-refractivity contribution is 7.91. The first kappa shape index (κ1) is 14.2. The maximum Gasteiger partial charge on any atom is 0.250 e. The molecule has 8 heteroatoms. The van der Waals surface area contributed by atoms with Crippen LogP contribution in [0.15, 0.2) is 28.7 Å². The Bertz CT molecular complexity index is 604. The summed E-state index contributed by atoms with van der Waals surface area (Å²) in [6, 6.07) is 3.49. The van der Waals surface area contributed by atoms with E-state index in [1.807, 2.05) is 13.1 Å². The molecule has 0 saturated carbocycles. The lowest BCUT2D eigenvalue weighted by atomic mass is 10.3. The molecule has 0 bridgehead atoms. The van der Waals surface area contributed by atoms with Crippen LogP contribution < -0.4 is 10.0 Å². The van der Waals surface area contributed by atoms with Gasteiger partial charge in [-0.15, -0.1) is 11.3 Å². The minimum atomic E-state index is -3.45. The lowest BCUT2D eigenvalue weighted by molar-refractivity contribution is 0.582. The lowest BCUT2D eigenvalue weighted by Crippen LogP contribution is -2.22. The summed E-state index contributed by atoms with van der Waals surface area (Å²) in [5, 5.41) is 3.04. The molecule has 19 heavy (non-hydrogen) atoms. The van der Waals surface area contributed by atoms with Gasteiger partial charge in [-0.25, -0.2) is 18.1 Å². The summed E-state index contributed by atoms with van der Waals surface area (Å²) in [5.74, 6) is 0.593. The fraction of sp³-hybridized carbons (Fsp3) is 0.364. The number of sulfonamides is 1. The summed E-state index contributed by atoms with van der Waals surface area (Å²) < 4.78 is 27.0. The highest BCUT2D eigenvalue weighted by atomic mass is 32.2. The molecule has 0 fully saturated rings. The molecule has 0 aliphatic rings. The van der Waals surface area contributed by atoms with Gasteiger partial charge in [0.15, 0.2) is 0 Å². The minimum absolute atomic E-state index is 0.166. The molecule has 0 spiro atoms. The number of hydrogen-bond acceptors (Lipinski definition) is 5. The highest BCUT2D eigenvalue weighted by Crippen LogP contribution is 2.21. The number of imidazole rings is 1. The maximum atomic E-state index is 12.1. The van der Waals surface area contributed by atoms with Gasteiger partial charge in [-0.2, -0.15) is 0 Å². The van der Waals surface area contributed by atoms with Gasteiger partial charge in [0.1, 0.15) is 10.0 Å². The highest BCUT2D eigenvalue weighted by Gasteiger charge is 2.16. The summed E-state index contributed by atoms with van der Waals surface area (Å²) in [6.07, 6.45) is 4.07. The van der Waals surface area contributed by atoms with E-state index < -0.39 is 10.0 Å². The van der Waals surface area contributed by atoms with Gasteiger partial charge in [0.2, 0.25) is 10.0 Å². The molecule has 6 nitrogen and oxygen atoms in total.